The third kappa shape index (κ3) is 5.98. The lowest BCUT2D eigenvalue weighted by Crippen LogP contribution is -2.21. The van der Waals surface area contributed by atoms with E-state index in [1.807, 2.05) is 13.8 Å². The molecule has 0 aliphatic rings. The van der Waals surface area contributed by atoms with Gasteiger partial charge in [-0.05, 0) is 20.6 Å². The summed E-state index contributed by atoms with van der Waals surface area (Å²) in [5.74, 6) is -0.372. The fourth-order valence-electron chi connectivity index (χ4n) is 0.750. The van der Waals surface area contributed by atoms with Crippen LogP contribution in [0.1, 0.15) is 20.3 Å². The number of hydrogen-bond acceptors (Lipinski definition) is 4. The quantitative estimate of drug-likeness (QED) is 0.555. The molecule has 13 heavy (non-hydrogen) atoms. The molecular formula is C8H14INO3. The lowest BCUT2D eigenvalue weighted by Gasteiger charge is -2.10. The fourth-order valence-corrected chi connectivity index (χ4v) is 1.04. The normalized spacial score (nSPS) is 12.6. The van der Waals surface area contributed by atoms with Crippen LogP contribution >= 0.6 is 23.0 Å². The number of carbonyl (C=O) groups excluding carboxylic acids is 1. The molecule has 0 rings (SSSR count). The van der Waals surface area contributed by atoms with Gasteiger partial charge in [0.1, 0.15) is 6.04 Å². The summed E-state index contributed by atoms with van der Waals surface area (Å²) in [5.41, 5.74) is 0. The van der Waals surface area contributed by atoms with Gasteiger partial charge in [-0.15, -0.1) is 0 Å². The van der Waals surface area contributed by atoms with E-state index in [0.29, 0.717) is 13.0 Å². The highest BCUT2D eigenvalue weighted by molar-refractivity contribution is 14.1. The number of hydrogen-bond donors (Lipinski definition) is 0. The van der Waals surface area contributed by atoms with Crippen molar-refractivity contribution in [2.75, 3.05) is 6.61 Å². The smallest absolute Gasteiger partial charge is 0.340 e. The monoisotopic (exact) mass is 299 g/mol. The summed E-state index contributed by atoms with van der Waals surface area (Å²) in [6.45, 7) is 7.69. The minimum Gasteiger partial charge on any atom is -0.393 e. The molecule has 4 nitrogen and oxygen atoms in total. The van der Waals surface area contributed by atoms with Crippen LogP contribution in [0.3, 0.4) is 0 Å². The van der Waals surface area contributed by atoms with Gasteiger partial charge in [0.2, 0.25) is 0 Å². The molecule has 0 radical (unpaired) electrons. The Bertz CT molecular complexity index is 173. The van der Waals surface area contributed by atoms with E-state index in [-0.39, 0.29) is 12.1 Å². The standard InChI is InChI=1S/C8H14INO3/c1-6(2)12-5-4-7(10-3)8(11)13-9/h6-7H,3-5H2,1-2H3. The fraction of sp³-hybridized carbons (Fsp3) is 0.750. The van der Waals surface area contributed by atoms with Gasteiger partial charge in [0.15, 0.2) is 23.0 Å². The first kappa shape index (κ1) is 12.8. The second-order valence-electron chi connectivity index (χ2n) is 2.80. The van der Waals surface area contributed by atoms with E-state index in [2.05, 4.69) is 14.8 Å². The number of aliphatic imine (C=N–C) groups is 1. The Morgan fingerprint density at radius 1 is 1.62 bits per heavy atom. The zero-order valence-electron chi connectivity index (χ0n) is 7.83. The van der Waals surface area contributed by atoms with Crippen LogP contribution in [0.15, 0.2) is 4.99 Å². The second-order valence-corrected chi connectivity index (χ2v) is 3.24. The average Bonchev–Trinajstić information content (AvgIpc) is 2.11. The Morgan fingerprint density at radius 3 is 2.62 bits per heavy atom. The maximum absolute atomic E-state index is 11.0. The van der Waals surface area contributed by atoms with Gasteiger partial charge in [0.05, 0.1) is 6.10 Å². The highest BCUT2D eigenvalue weighted by atomic mass is 127. The molecule has 0 aliphatic carbocycles. The number of carbonyl (C=O) groups is 1. The summed E-state index contributed by atoms with van der Waals surface area (Å²) in [5, 5.41) is 0. The molecule has 0 aromatic carbocycles. The van der Waals surface area contributed by atoms with Crippen LogP contribution in [-0.2, 0) is 12.6 Å². The first-order valence-electron chi connectivity index (χ1n) is 4.01. The summed E-state index contributed by atoms with van der Waals surface area (Å²) in [6, 6.07) is -0.504. The molecule has 0 saturated carbocycles. The van der Waals surface area contributed by atoms with Gasteiger partial charge in [-0.3, -0.25) is 4.99 Å². The summed E-state index contributed by atoms with van der Waals surface area (Å²) >= 11 is 1.54. The van der Waals surface area contributed by atoms with E-state index in [0.717, 1.165) is 0 Å². The Balaban J connectivity index is 3.72. The number of rotatable bonds is 6. The van der Waals surface area contributed by atoms with E-state index in [1.54, 1.807) is 0 Å². The third-order valence-corrected chi connectivity index (χ3v) is 1.85. The van der Waals surface area contributed by atoms with Gasteiger partial charge in [-0.2, -0.15) is 0 Å². The van der Waals surface area contributed by atoms with Crippen molar-refractivity contribution in [2.24, 2.45) is 4.99 Å². The Labute approximate surface area is 92.4 Å². The number of ether oxygens (including phenoxy) is 1. The molecule has 0 bridgehead atoms. The zero-order chi connectivity index (χ0) is 10.3. The molecule has 0 saturated heterocycles. The first-order valence-corrected chi connectivity index (χ1v) is 4.89. The van der Waals surface area contributed by atoms with Gasteiger partial charge in [0, 0.05) is 13.0 Å². The molecule has 76 valence electrons. The predicted molar refractivity (Wildman–Crippen MR) is 59.2 cm³/mol. The second kappa shape index (κ2) is 7.25. The van der Waals surface area contributed by atoms with Crippen LogP contribution in [0.25, 0.3) is 0 Å². The lowest BCUT2D eigenvalue weighted by molar-refractivity contribution is -0.133. The molecule has 0 aliphatic heterocycles. The molecule has 0 amide bonds. The molecule has 0 heterocycles. The molecule has 5 heteroatoms. The first-order chi connectivity index (χ1) is 6.11. The van der Waals surface area contributed by atoms with E-state index < -0.39 is 6.04 Å². The Hall–Kier alpha value is -0.170. The van der Waals surface area contributed by atoms with Crippen LogP contribution in [0, 0.1) is 0 Å². The van der Waals surface area contributed by atoms with E-state index in [4.69, 9.17) is 4.74 Å². The SMILES string of the molecule is C=NC(CCOC(C)C)C(=O)OI. The highest BCUT2D eigenvalue weighted by Crippen LogP contribution is 2.04. The molecule has 0 N–H and O–H groups in total. The van der Waals surface area contributed by atoms with Crippen molar-refractivity contribution in [3.63, 3.8) is 0 Å². The van der Waals surface area contributed by atoms with Crippen molar-refractivity contribution in [3.05, 3.63) is 0 Å². The number of nitrogens with zero attached hydrogens (tertiary/aromatic N) is 1. The van der Waals surface area contributed by atoms with Crippen molar-refractivity contribution in [3.8, 4) is 0 Å². The van der Waals surface area contributed by atoms with Crippen molar-refractivity contribution in [1.82, 2.24) is 0 Å². The molecule has 0 spiro atoms. The highest BCUT2D eigenvalue weighted by Gasteiger charge is 2.16. The summed E-state index contributed by atoms with van der Waals surface area (Å²) in [6.07, 6.45) is 0.685. The maximum atomic E-state index is 11.0. The maximum Gasteiger partial charge on any atom is 0.340 e. The Morgan fingerprint density at radius 2 is 2.23 bits per heavy atom. The average molecular weight is 299 g/mol. The van der Waals surface area contributed by atoms with Crippen LogP contribution < -0.4 is 0 Å². The van der Waals surface area contributed by atoms with Gasteiger partial charge >= 0.3 is 5.97 Å². The largest absolute Gasteiger partial charge is 0.393 e. The van der Waals surface area contributed by atoms with Crippen molar-refractivity contribution >= 4 is 35.7 Å². The molecule has 1 atom stereocenters. The van der Waals surface area contributed by atoms with E-state index >= 15 is 0 Å². The third-order valence-electron chi connectivity index (χ3n) is 1.41. The van der Waals surface area contributed by atoms with Gasteiger partial charge in [-0.1, -0.05) is 0 Å². The summed E-state index contributed by atoms with van der Waals surface area (Å²) < 4.78 is 9.77. The topological polar surface area (TPSA) is 47.9 Å². The van der Waals surface area contributed by atoms with Gasteiger partial charge in [0.25, 0.3) is 0 Å². The molecule has 0 aromatic heterocycles. The van der Waals surface area contributed by atoms with E-state index in [9.17, 15) is 4.79 Å². The van der Waals surface area contributed by atoms with Crippen molar-refractivity contribution in [1.29, 1.82) is 0 Å². The Kier molecular flexibility index (Phi) is 7.16. The van der Waals surface area contributed by atoms with Gasteiger partial charge < -0.3 is 7.80 Å². The minimum atomic E-state index is -0.504. The lowest BCUT2D eigenvalue weighted by atomic mass is 10.2. The van der Waals surface area contributed by atoms with Crippen LogP contribution in [0.4, 0.5) is 0 Å². The zero-order valence-corrected chi connectivity index (χ0v) is 9.98. The predicted octanol–water partition coefficient (Wildman–Crippen LogP) is 1.76. The van der Waals surface area contributed by atoms with Crippen molar-refractivity contribution < 1.29 is 12.6 Å². The van der Waals surface area contributed by atoms with Crippen LogP contribution in [-0.4, -0.2) is 31.4 Å². The van der Waals surface area contributed by atoms with Gasteiger partial charge in [-0.25, -0.2) is 4.79 Å². The van der Waals surface area contributed by atoms with Crippen molar-refractivity contribution in [2.45, 2.75) is 32.4 Å². The molecular weight excluding hydrogens is 285 g/mol. The molecule has 0 fully saturated rings. The summed E-state index contributed by atoms with van der Waals surface area (Å²) in [4.78, 5) is 14.6. The number of halogens is 1. The van der Waals surface area contributed by atoms with Crippen LogP contribution in [0.5, 0.6) is 0 Å². The molecule has 0 aromatic rings. The minimum absolute atomic E-state index is 0.168. The molecule has 1 unspecified atom stereocenters. The summed E-state index contributed by atoms with van der Waals surface area (Å²) in [7, 11) is 0. The van der Waals surface area contributed by atoms with Crippen LogP contribution in [0.2, 0.25) is 0 Å². The van der Waals surface area contributed by atoms with E-state index in [1.165, 1.54) is 23.0 Å².